The fourth-order valence-corrected chi connectivity index (χ4v) is 1.56. The van der Waals surface area contributed by atoms with Crippen molar-refractivity contribution in [2.45, 2.75) is 12.6 Å². The lowest BCUT2D eigenvalue weighted by atomic mass is 10.1. The van der Waals surface area contributed by atoms with E-state index in [0.29, 0.717) is 12.4 Å². The Bertz CT molecular complexity index is 588. The lowest BCUT2D eigenvalue weighted by Gasteiger charge is -2.09. The van der Waals surface area contributed by atoms with Crippen molar-refractivity contribution < 1.29 is 22.0 Å². The van der Waals surface area contributed by atoms with Gasteiger partial charge in [0.05, 0.1) is 17.4 Å². The molecule has 0 fully saturated rings. The standard InChI is InChI=1S/C11H8F5N3/c12-10(13)8-3-7(17)1-2-9(8)19-5-6(4-18-19)11(14,15)16/h1-5,10H,17H2. The molecule has 0 saturated heterocycles. The minimum absolute atomic E-state index is 0.0993. The third kappa shape index (κ3) is 2.67. The normalized spacial score (nSPS) is 12.1. The summed E-state index contributed by atoms with van der Waals surface area (Å²) in [5.41, 5.74) is 3.85. The van der Waals surface area contributed by atoms with Gasteiger partial charge in [-0.2, -0.15) is 18.3 Å². The molecule has 0 aliphatic heterocycles. The maximum Gasteiger partial charge on any atom is 0.419 e. The molecule has 0 amide bonds. The molecular weight excluding hydrogens is 269 g/mol. The van der Waals surface area contributed by atoms with Gasteiger partial charge in [-0.25, -0.2) is 13.5 Å². The fraction of sp³-hybridized carbons (Fsp3) is 0.182. The summed E-state index contributed by atoms with van der Waals surface area (Å²) in [6.07, 6.45) is -6.21. The van der Waals surface area contributed by atoms with Crippen molar-refractivity contribution in [3.8, 4) is 5.69 Å². The minimum atomic E-state index is -4.57. The van der Waals surface area contributed by atoms with Gasteiger partial charge in [0.1, 0.15) is 0 Å². The number of anilines is 1. The van der Waals surface area contributed by atoms with E-state index in [1.807, 2.05) is 0 Å². The summed E-state index contributed by atoms with van der Waals surface area (Å²) in [6.45, 7) is 0. The predicted molar refractivity (Wildman–Crippen MR) is 57.9 cm³/mol. The fourth-order valence-electron chi connectivity index (χ4n) is 1.56. The number of rotatable bonds is 2. The highest BCUT2D eigenvalue weighted by Crippen LogP contribution is 2.31. The van der Waals surface area contributed by atoms with Gasteiger partial charge in [-0.05, 0) is 18.2 Å². The van der Waals surface area contributed by atoms with E-state index >= 15 is 0 Å². The quantitative estimate of drug-likeness (QED) is 0.675. The zero-order valence-electron chi connectivity index (χ0n) is 9.33. The second kappa shape index (κ2) is 4.52. The Balaban J connectivity index is 2.50. The monoisotopic (exact) mass is 277 g/mol. The summed E-state index contributed by atoms with van der Waals surface area (Å²) in [7, 11) is 0. The molecule has 1 aromatic carbocycles. The molecule has 0 aliphatic carbocycles. The first-order valence-electron chi connectivity index (χ1n) is 5.09. The number of nitrogens with zero attached hydrogens (tertiary/aromatic N) is 2. The molecule has 0 saturated carbocycles. The van der Waals surface area contributed by atoms with Gasteiger partial charge >= 0.3 is 6.18 Å². The molecule has 8 heteroatoms. The largest absolute Gasteiger partial charge is 0.419 e. The van der Waals surface area contributed by atoms with Crippen molar-refractivity contribution in [1.82, 2.24) is 9.78 Å². The molecule has 0 atom stereocenters. The number of hydrogen-bond donors (Lipinski definition) is 1. The highest BCUT2D eigenvalue weighted by atomic mass is 19.4. The van der Waals surface area contributed by atoms with Crippen LogP contribution in [0.15, 0.2) is 30.6 Å². The maximum absolute atomic E-state index is 12.8. The molecule has 2 aromatic rings. The van der Waals surface area contributed by atoms with Crippen LogP contribution in [0, 0.1) is 0 Å². The first-order chi connectivity index (χ1) is 8.79. The van der Waals surface area contributed by atoms with E-state index in [9.17, 15) is 22.0 Å². The van der Waals surface area contributed by atoms with Gasteiger partial charge in [-0.1, -0.05) is 0 Å². The summed E-state index contributed by atoms with van der Waals surface area (Å²) in [5.74, 6) is 0. The van der Waals surface area contributed by atoms with Gasteiger partial charge in [-0.15, -0.1) is 0 Å². The van der Waals surface area contributed by atoms with Crippen molar-refractivity contribution >= 4 is 5.69 Å². The van der Waals surface area contributed by atoms with Crippen LogP contribution in [-0.2, 0) is 6.18 Å². The Morgan fingerprint density at radius 2 is 1.89 bits per heavy atom. The Morgan fingerprint density at radius 1 is 1.21 bits per heavy atom. The van der Waals surface area contributed by atoms with Crippen LogP contribution < -0.4 is 5.73 Å². The average Bonchev–Trinajstić information content (AvgIpc) is 2.77. The predicted octanol–water partition coefficient (Wildman–Crippen LogP) is 3.41. The van der Waals surface area contributed by atoms with Crippen molar-refractivity contribution in [2.75, 3.05) is 5.73 Å². The molecule has 2 N–H and O–H groups in total. The zero-order valence-corrected chi connectivity index (χ0v) is 9.33. The first-order valence-corrected chi connectivity index (χ1v) is 5.09. The van der Waals surface area contributed by atoms with Gasteiger partial charge in [-0.3, -0.25) is 0 Å². The van der Waals surface area contributed by atoms with E-state index in [1.165, 1.54) is 12.1 Å². The van der Waals surface area contributed by atoms with E-state index in [2.05, 4.69) is 5.10 Å². The molecule has 0 spiro atoms. The maximum atomic E-state index is 12.8. The van der Waals surface area contributed by atoms with Crippen LogP contribution in [0.25, 0.3) is 5.69 Å². The van der Waals surface area contributed by atoms with Gasteiger partial charge in [0.2, 0.25) is 0 Å². The summed E-state index contributed by atoms with van der Waals surface area (Å²) in [5, 5.41) is 3.45. The van der Waals surface area contributed by atoms with E-state index in [0.717, 1.165) is 10.7 Å². The second-order valence-corrected chi connectivity index (χ2v) is 3.79. The molecule has 102 valence electrons. The number of hydrogen-bond acceptors (Lipinski definition) is 2. The Hall–Kier alpha value is -2.12. The molecule has 0 aliphatic rings. The number of aromatic nitrogens is 2. The number of nitrogen functional groups attached to an aromatic ring is 1. The number of halogens is 5. The Morgan fingerprint density at radius 3 is 2.42 bits per heavy atom. The number of benzene rings is 1. The minimum Gasteiger partial charge on any atom is -0.399 e. The molecule has 3 nitrogen and oxygen atoms in total. The molecule has 0 bridgehead atoms. The first kappa shape index (κ1) is 13.3. The van der Waals surface area contributed by atoms with Crippen LogP contribution in [0.5, 0.6) is 0 Å². The van der Waals surface area contributed by atoms with Crippen LogP contribution in [-0.4, -0.2) is 9.78 Å². The van der Waals surface area contributed by atoms with Gasteiger partial charge < -0.3 is 5.73 Å². The summed E-state index contributed by atoms with van der Waals surface area (Å²) in [6, 6.07) is 3.52. The van der Waals surface area contributed by atoms with Crippen LogP contribution in [0.4, 0.5) is 27.6 Å². The second-order valence-electron chi connectivity index (χ2n) is 3.79. The Labute approximate surface area is 104 Å². The average molecular weight is 277 g/mol. The van der Waals surface area contributed by atoms with Crippen molar-refractivity contribution in [3.63, 3.8) is 0 Å². The van der Waals surface area contributed by atoms with Crippen LogP contribution in [0.3, 0.4) is 0 Å². The lowest BCUT2D eigenvalue weighted by molar-refractivity contribution is -0.137. The molecule has 0 radical (unpaired) electrons. The smallest absolute Gasteiger partial charge is 0.399 e. The van der Waals surface area contributed by atoms with Crippen LogP contribution in [0.1, 0.15) is 17.6 Å². The van der Waals surface area contributed by atoms with E-state index in [1.54, 1.807) is 0 Å². The molecule has 2 rings (SSSR count). The van der Waals surface area contributed by atoms with E-state index in [-0.39, 0.29) is 11.4 Å². The zero-order chi connectivity index (χ0) is 14.2. The summed E-state index contributed by atoms with van der Waals surface area (Å²) >= 11 is 0. The van der Waals surface area contributed by atoms with Crippen molar-refractivity contribution in [3.05, 3.63) is 41.7 Å². The van der Waals surface area contributed by atoms with Gasteiger partial charge in [0.15, 0.2) is 0 Å². The molecule has 1 heterocycles. The molecule has 1 aromatic heterocycles. The highest BCUT2D eigenvalue weighted by molar-refractivity contribution is 5.52. The van der Waals surface area contributed by atoms with Crippen LogP contribution in [0.2, 0.25) is 0 Å². The van der Waals surface area contributed by atoms with E-state index < -0.39 is 23.7 Å². The Kier molecular flexibility index (Phi) is 3.17. The van der Waals surface area contributed by atoms with E-state index in [4.69, 9.17) is 5.73 Å². The molecule has 19 heavy (non-hydrogen) atoms. The molecule has 0 unspecified atom stereocenters. The third-order valence-electron chi connectivity index (χ3n) is 2.44. The number of nitrogens with two attached hydrogens (primary N) is 1. The summed E-state index contributed by atoms with van der Waals surface area (Å²) < 4.78 is 63.6. The lowest BCUT2D eigenvalue weighted by Crippen LogP contribution is -2.04. The SMILES string of the molecule is Nc1ccc(-n2cc(C(F)(F)F)cn2)c(C(F)F)c1. The third-order valence-corrected chi connectivity index (χ3v) is 2.44. The highest BCUT2D eigenvalue weighted by Gasteiger charge is 2.32. The topological polar surface area (TPSA) is 43.8 Å². The molecular formula is C11H8F5N3. The van der Waals surface area contributed by atoms with Crippen molar-refractivity contribution in [1.29, 1.82) is 0 Å². The van der Waals surface area contributed by atoms with Gasteiger partial charge in [0.25, 0.3) is 6.43 Å². The summed E-state index contributed by atoms with van der Waals surface area (Å²) in [4.78, 5) is 0. The number of alkyl halides is 5. The van der Waals surface area contributed by atoms with Crippen LogP contribution >= 0.6 is 0 Å². The van der Waals surface area contributed by atoms with Gasteiger partial charge in [0, 0.05) is 17.4 Å². The van der Waals surface area contributed by atoms with Crippen molar-refractivity contribution in [2.24, 2.45) is 0 Å².